The molecule has 0 aliphatic rings. The first-order valence-electron chi connectivity index (χ1n) is 4.12. The highest BCUT2D eigenvalue weighted by Gasteiger charge is 2.31. The van der Waals surface area contributed by atoms with Crippen molar-refractivity contribution in [3.8, 4) is 0 Å². The monoisotopic (exact) mass is 264 g/mol. The Bertz CT molecular complexity index is 283. The van der Waals surface area contributed by atoms with Crippen molar-refractivity contribution in [1.82, 2.24) is 0 Å². The summed E-state index contributed by atoms with van der Waals surface area (Å²) in [6.45, 7) is 3.49. The minimum Gasteiger partial charge on any atom is -0.387 e. The number of hydrogen-bond acceptors (Lipinski definition) is 3. The molecule has 74 valence electrons. The molecule has 13 heavy (non-hydrogen) atoms. The molecule has 2 unspecified atom stereocenters. The maximum absolute atomic E-state index is 9.85. The zero-order valence-electron chi connectivity index (χ0n) is 7.62. The van der Waals surface area contributed by atoms with Gasteiger partial charge in [0.25, 0.3) is 0 Å². The fourth-order valence-electron chi connectivity index (χ4n) is 0.976. The smallest absolute Gasteiger partial charge is 0.118 e. The molecule has 0 spiro atoms. The Balaban J connectivity index is 2.91. The number of halogens is 1. The fraction of sp³-hybridized carbons (Fsp3) is 0.556. The molecule has 0 aromatic carbocycles. The van der Waals surface area contributed by atoms with Crippen LogP contribution in [0.1, 0.15) is 31.2 Å². The third-order valence-corrected chi connectivity index (χ3v) is 4.12. The van der Waals surface area contributed by atoms with Gasteiger partial charge in [-0.3, -0.25) is 0 Å². The summed E-state index contributed by atoms with van der Waals surface area (Å²) in [5, 5.41) is 21.6. The number of aliphatic hydroxyl groups excluding tert-OH is 1. The number of hydrogen-bond donors (Lipinski definition) is 2. The summed E-state index contributed by atoms with van der Waals surface area (Å²) in [6.07, 6.45) is -0.287. The van der Waals surface area contributed by atoms with Gasteiger partial charge in [0.2, 0.25) is 0 Å². The summed E-state index contributed by atoms with van der Waals surface area (Å²) in [5.41, 5.74) is -1.05. The lowest BCUT2D eigenvalue weighted by Crippen LogP contribution is -2.31. The maximum atomic E-state index is 9.85. The summed E-state index contributed by atoms with van der Waals surface area (Å²) in [7, 11) is 0. The van der Waals surface area contributed by atoms with E-state index in [0.29, 0.717) is 6.42 Å². The van der Waals surface area contributed by atoms with E-state index in [-0.39, 0.29) is 0 Å². The van der Waals surface area contributed by atoms with Gasteiger partial charge in [-0.2, -0.15) is 0 Å². The van der Waals surface area contributed by atoms with Crippen LogP contribution in [0, 0.1) is 0 Å². The molecule has 1 rings (SSSR count). The molecule has 2 N–H and O–H groups in total. The second-order valence-electron chi connectivity index (χ2n) is 3.25. The zero-order valence-corrected chi connectivity index (χ0v) is 10.0. The highest BCUT2D eigenvalue weighted by atomic mass is 79.9. The first kappa shape index (κ1) is 11.2. The van der Waals surface area contributed by atoms with E-state index in [4.69, 9.17) is 0 Å². The minimum atomic E-state index is -1.05. The van der Waals surface area contributed by atoms with E-state index < -0.39 is 11.7 Å². The first-order valence-corrected chi connectivity index (χ1v) is 5.79. The number of rotatable bonds is 3. The Morgan fingerprint density at radius 1 is 1.69 bits per heavy atom. The predicted octanol–water partition coefficient (Wildman–Crippen LogP) is 2.71. The van der Waals surface area contributed by atoms with Crippen LogP contribution in [0.15, 0.2) is 15.9 Å². The molecule has 0 aliphatic carbocycles. The molecule has 0 saturated heterocycles. The van der Waals surface area contributed by atoms with Gasteiger partial charge in [0.1, 0.15) is 6.10 Å². The fourth-order valence-corrected chi connectivity index (χ4v) is 2.69. The summed E-state index contributed by atoms with van der Waals surface area (Å²) in [5.74, 6) is 0. The summed E-state index contributed by atoms with van der Waals surface area (Å²) in [6, 6.07) is 1.87. The van der Waals surface area contributed by atoms with Crippen molar-refractivity contribution in [3.63, 3.8) is 0 Å². The van der Waals surface area contributed by atoms with Gasteiger partial charge >= 0.3 is 0 Å². The molecule has 1 aromatic heterocycles. The Morgan fingerprint density at radius 3 is 2.69 bits per heavy atom. The summed E-state index contributed by atoms with van der Waals surface area (Å²) in [4.78, 5) is 0.784. The van der Waals surface area contributed by atoms with Gasteiger partial charge in [0.15, 0.2) is 0 Å². The number of thiophene rings is 1. The Morgan fingerprint density at radius 2 is 2.31 bits per heavy atom. The van der Waals surface area contributed by atoms with Crippen LogP contribution in [-0.4, -0.2) is 15.8 Å². The zero-order chi connectivity index (χ0) is 10.1. The third kappa shape index (κ3) is 2.31. The largest absolute Gasteiger partial charge is 0.387 e. The van der Waals surface area contributed by atoms with Crippen LogP contribution in [0.4, 0.5) is 0 Å². The normalized spacial score (nSPS) is 18.2. The van der Waals surface area contributed by atoms with E-state index in [0.717, 1.165) is 9.35 Å². The molecule has 0 radical (unpaired) electrons. The lowest BCUT2D eigenvalue weighted by atomic mass is 9.95. The average Bonchev–Trinajstić information content (AvgIpc) is 2.50. The van der Waals surface area contributed by atoms with E-state index in [1.54, 1.807) is 6.92 Å². The Hall–Kier alpha value is 0.100. The standard InChI is InChI=1S/C9H13BrO2S/c1-3-9(2,12)8(11)7-6(10)4-5-13-7/h4-5,8,11-12H,3H2,1-2H3. The highest BCUT2D eigenvalue weighted by Crippen LogP contribution is 2.36. The van der Waals surface area contributed by atoms with Crippen molar-refractivity contribution in [3.05, 3.63) is 20.8 Å². The molecule has 0 saturated carbocycles. The van der Waals surface area contributed by atoms with Crippen LogP contribution in [0.25, 0.3) is 0 Å². The van der Waals surface area contributed by atoms with Crippen LogP contribution >= 0.6 is 27.3 Å². The molecule has 0 bridgehead atoms. The Kier molecular flexibility index (Phi) is 3.51. The van der Waals surface area contributed by atoms with Gasteiger partial charge < -0.3 is 10.2 Å². The van der Waals surface area contributed by atoms with E-state index in [1.165, 1.54) is 11.3 Å². The lowest BCUT2D eigenvalue weighted by Gasteiger charge is -2.27. The van der Waals surface area contributed by atoms with E-state index in [2.05, 4.69) is 15.9 Å². The van der Waals surface area contributed by atoms with Crippen molar-refractivity contribution >= 4 is 27.3 Å². The molecule has 2 nitrogen and oxygen atoms in total. The topological polar surface area (TPSA) is 40.5 Å². The van der Waals surface area contributed by atoms with Crippen LogP contribution in [0.3, 0.4) is 0 Å². The molecule has 1 heterocycles. The SMILES string of the molecule is CCC(C)(O)C(O)c1sccc1Br. The van der Waals surface area contributed by atoms with Gasteiger partial charge in [-0.15, -0.1) is 11.3 Å². The molecule has 0 aliphatic heterocycles. The van der Waals surface area contributed by atoms with Gasteiger partial charge in [-0.25, -0.2) is 0 Å². The quantitative estimate of drug-likeness (QED) is 0.882. The van der Waals surface area contributed by atoms with Crippen molar-refractivity contribution in [1.29, 1.82) is 0 Å². The van der Waals surface area contributed by atoms with Crippen LogP contribution in [0.5, 0.6) is 0 Å². The van der Waals surface area contributed by atoms with Gasteiger partial charge in [0.05, 0.1) is 10.5 Å². The van der Waals surface area contributed by atoms with Crippen molar-refractivity contribution in [2.45, 2.75) is 32.0 Å². The summed E-state index contributed by atoms with van der Waals surface area (Å²) >= 11 is 4.77. The molecular weight excluding hydrogens is 252 g/mol. The Labute approximate surface area is 90.4 Å². The van der Waals surface area contributed by atoms with Crippen molar-refractivity contribution in [2.24, 2.45) is 0 Å². The number of aliphatic hydroxyl groups is 2. The molecular formula is C9H13BrO2S. The molecule has 2 atom stereocenters. The third-order valence-electron chi connectivity index (χ3n) is 2.20. The van der Waals surface area contributed by atoms with E-state index in [9.17, 15) is 10.2 Å². The highest BCUT2D eigenvalue weighted by molar-refractivity contribution is 9.10. The van der Waals surface area contributed by atoms with E-state index >= 15 is 0 Å². The average molecular weight is 265 g/mol. The van der Waals surface area contributed by atoms with Crippen molar-refractivity contribution in [2.75, 3.05) is 0 Å². The van der Waals surface area contributed by atoms with Crippen molar-refractivity contribution < 1.29 is 10.2 Å². The van der Waals surface area contributed by atoms with E-state index in [1.807, 2.05) is 18.4 Å². The predicted molar refractivity (Wildman–Crippen MR) is 57.9 cm³/mol. The second kappa shape index (κ2) is 4.09. The van der Waals surface area contributed by atoms with Crippen LogP contribution in [-0.2, 0) is 0 Å². The van der Waals surface area contributed by atoms with Crippen LogP contribution < -0.4 is 0 Å². The molecule has 4 heteroatoms. The van der Waals surface area contributed by atoms with Gasteiger partial charge in [-0.05, 0) is 40.7 Å². The van der Waals surface area contributed by atoms with Crippen LogP contribution in [0.2, 0.25) is 0 Å². The van der Waals surface area contributed by atoms with Gasteiger partial charge in [-0.1, -0.05) is 6.92 Å². The lowest BCUT2D eigenvalue weighted by molar-refractivity contribution is -0.0644. The second-order valence-corrected chi connectivity index (χ2v) is 5.05. The minimum absolute atomic E-state index is 0.526. The first-order chi connectivity index (χ1) is 5.99. The molecule has 1 aromatic rings. The molecule has 0 fully saturated rings. The maximum Gasteiger partial charge on any atom is 0.118 e. The molecule has 0 amide bonds. The summed E-state index contributed by atoms with van der Waals surface area (Å²) < 4.78 is 0.860. The van der Waals surface area contributed by atoms with Gasteiger partial charge in [0, 0.05) is 4.47 Å².